The monoisotopic (exact) mass is 498 g/mol. The van der Waals surface area contributed by atoms with Crippen molar-refractivity contribution < 1.29 is 13.3 Å². The minimum atomic E-state index is 0.916. The lowest BCUT2D eigenvalue weighted by Crippen LogP contribution is -1.91. The van der Waals surface area contributed by atoms with Crippen LogP contribution in [0.25, 0.3) is 97.5 Å². The molecule has 7 aromatic carbocycles. The van der Waals surface area contributed by atoms with Crippen molar-refractivity contribution in [1.29, 1.82) is 0 Å². The average Bonchev–Trinajstić information content (AvgIpc) is 3.77. The summed E-state index contributed by atoms with van der Waals surface area (Å²) in [6.45, 7) is 0. The van der Waals surface area contributed by atoms with Gasteiger partial charge in [-0.05, 0) is 50.5 Å². The Bertz CT molecular complexity index is 2340. The van der Waals surface area contributed by atoms with Gasteiger partial charge in [-0.1, -0.05) is 72.8 Å². The second-order valence-corrected chi connectivity index (χ2v) is 10.4. The third-order valence-electron chi connectivity index (χ3n) is 8.63. The first-order chi connectivity index (χ1) is 19.4. The Labute approximate surface area is 220 Å². The van der Waals surface area contributed by atoms with Crippen LogP contribution in [-0.4, -0.2) is 0 Å². The highest BCUT2D eigenvalue weighted by Gasteiger charge is 2.25. The van der Waals surface area contributed by atoms with Crippen molar-refractivity contribution in [3.63, 3.8) is 0 Å². The van der Waals surface area contributed by atoms with Crippen LogP contribution in [0, 0.1) is 0 Å². The molecule has 0 unspecified atom stereocenters. The maximum absolute atomic E-state index is 6.19. The van der Waals surface area contributed by atoms with Crippen molar-refractivity contribution >= 4 is 97.5 Å². The van der Waals surface area contributed by atoms with Crippen LogP contribution < -0.4 is 0 Å². The molecule has 3 heterocycles. The van der Waals surface area contributed by atoms with E-state index in [4.69, 9.17) is 13.3 Å². The Kier molecular flexibility index (Phi) is 3.44. The molecule has 180 valence electrons. The summed E-state index contributed by atoms with van der Waals surface area (Å²) in [5.41, 5.74) is 2.75. The molecule has 10 rings (SSSR count). The predicted molar refractivity (Wildman–Crippen MR) is 161 cm³/mol. The van der Waals surface area contributed by atoms with Gasteiger partial charge in [0.2, 0.25) is 0 Å². The fraction of sp³-hybridized carbons (Fsp3) is 0. The quantitative estimate of drug-likeness (QED) is 0.195. The van der Waals surface area contributed by atoms with Crippen molar-refractivity contribution in [1.82, 2.24) is 0 Å². The van der Waals surface area contributed by atoms with Crippen LogP contribution in [0.3, 0.4) is 0 Å². The zero-order chi connectivity index (χ0) is 25.2. The zero-order valence-electron chi connectivity index (χ0n) is 20.6. The third kappa shape index (κ3) is 2.23. The summed E-state index contributed by atoms with van der Waals surface area (Å²) in [6, 6.07) is 32.2. The Balaban J connectivity index is 1.77. The van der Waals surface area contributed by atoms with E-state index in [9.17, 15) is 0 Å². The summed E-state index contributed by atoms with van der Waals surface area (Å²) in [5.74, 6) is 0. The van der Waals surface area contributed by atoms with Gasteiger partial charge < -0.3 is 13.3 Å². The van der Waals surface area contributed by atoms with Crippen molar-refractivity contribution in [2.75, 3.05) is 0 Å². The number of rotatable bonds is 0. The van der Waals surface area contributed by atoms with Crippen LogP contribution >= 0.6 is 0 Å². The van der Waals surface area contributed by atoms with E-state index in [2.05, 4.69) is 91.0 Å². The molecule has 3 heteroatoms. The largest absolute Gasteiger partial charge is 0.464 e. The highest BCUT2D eigenvalue weighted by atomic mass is 16.3. The molecule has 0 saturated carbocycles. The van der Waals surface area contributed by atoms with Gasteiger partial charge in [0.15, 0.2) is 0 Å². The van der Waals surface area contributed by atoms with Crippen LogP contribution in [0.4, 0.5) is 0 Å². The molecule has 3 nitrogen and oxygen atoms in total. The molecule has 0 aliphatic heterocycles. The molecular weight excluding hydrogens is 480 g/mol. The Morgan fingerprint density at radius 1 is 0.256 bits per heavy atom. The van der Waals surface area contributed by atoms with E-state index in [1.165, 1.54) is 48.5 Å². The third-order valence-corrected chi connectivity index (χ3v) is 8.63. The van der Waals surface area contributed by atoms with Crippen LogP contribution in [0.5, 0.6) is 0 Å². The number of furan rings is 3. The topological polar surface area (TPSA) is 39.4 Å². The van der Waals surface area contributed by atoms with Gasteiger partial charge in [-0.15, -0.1) is 0 Å². The van der Waals surface area contributed by atoms with Gasteiger partial charge in [0, 0.05) is 48.5 Å². The number of hydrogen-bond acceptors (Lipinski definition) is 3. The fourth-order valence-electron chi connectivity index (χ4n) is 7.21. The van der Waals surface area contributed by atoms with Gasteiger partial charge in [0.05, 0.1) is 18.8 Å². The fourth-order valence-corrected chi connectivity index (χ4v) is 7.21. The Morgan fingerprint density at radius 3 is 0.821 bits per heavy atom. The minimum absolute atomic E-state index is 0.916. The second kappa shape index (κ2) is 6.77. The lowest BCUT2D eigenvalue weighted by atomic mass is 9.83. The Hall–Kier alpha value is -5.28. The molecule has 0 atom stereocenters. The van der Waals surface area contributed by atoms with E-state index >= 15 is 0 Å². The molecule has 0 fully saturated rings. The summed E-state index contributed by atoms with van der Waals surface area (Å²) in [6.07, 6.45) is 5.46. The summed E-state index contributed by atoms with van der Waals surface area (Å²) in [7, 11) is 0. The van der Waals surface area contributed by atoms with Crippen molar-refractivity contribution in [3.05, 3.63) is 110 Å². The average molecular weight is 499 g/mol. The van der Waals surface area contributed by atoms with E-state index < -0.39 is 0 Å². The molecular formula is C36H18O3. The molecule has 39 heavy (non-hydrogen) atoms. The van der Waals surface area contributed by atoms with Crippen LogP contribution in [0.15, 0.2) is 123 Å². The first-order valence-corrected chi connectivity index (χ1v) is 13.2. The lowest BCUT2D eigenvalue weighted by molar-refractivity contribution is 0.619. The van der Waals surface area contributed by atoms with Crippen LogP contribution in [-0.2, 0) is 0 Å². The molecule has 0 bridgehead atoms. The molecule has 3 aromatic heterocycles. The standard InChI is InChI=1S/C36H18O3/c1-4-10-22-19(7-1)28-31(25-13-16-37-34(22)25)29-21-9-3-6-12-24(21)36-27(15-18-39-36)33(29)30-20-8-2-5-11-23(20)35-26(32(28)30)14-17-38-35/h1-18H. The van der Waals surface area contributed by atoms with Crippen molar-refractivity contribution in [3.8, 4) is 0 Å². The molecule has 0 aliphatic rings. The summed E-state index contributed by atoms with van der Waals surface area (Å²) >= 11 is 0. The van der Waals surface area contributed by atoms with E-state index in [1.807, 2.05) is 18.8 Å². The van der Waals surface area contributed by atoms with Crippen molar-refractivity contribution in [2.24, 2.45) is 0 Å². The molecule has 0 aliphatic carbocycles. The smallest absolute Gasteiger partial charge is 0.142 e. The molecule has 0 radical (unpaired) electrons. The first kappa shape index (κ1) is 19.8. The van der Waals surface area contributed by atoms with E-state index in [0.29, 0.717) is 0 Å². The van der Waals surface area contributed by atoms with E-state index in [0.717, 1.165) is 49.1 Å². The number of benzene rings is 7. The number of fused-ring (bicyclic) bond motifs is 21. The molecule has 10 aromatic rings. The maximum Gasteiger partial charge on any atom is 0.142 e. The molecule has 0 saturated heterocycles. The highest BCUT2D eigenvalue weighted by molar-refractivity contribution is 6.50. The van der Waals surface area contributed by atoms with Gasteiger partial charge >= 0.3 is 0 Å². The molecule has 0 amide bonds. The SMILES string of the molecule is c1ccc2c(c1)c1occc1c1c3c4ccccc4c4occc4c3c3c4ccccc4c4occc4c3c21. The van der Waals surface area contributed by atoms with Gasteiger partial charge in [0.1, 0.15) is 16.7 Å². The first-order valence-electron chi connectivity index (χ1n) is 13.2. The predicted octanol–water partition coefficient (Wildman–Crippen LogP) is 10.8. The van der Waals surface area contributed by atoms with Crippen LogP contribution in [0.2, 0.25) is 0 Å². The maximum atomic E-state index is 6.19. The van der Waals surface area contributed by atoms with E-state index in [1.54, 1.807) is 0 Å². The minimum Gasteiger partial charge on any atom is -0.464 e. The van der Waals surface area contributed by atoms with Gasteiger partial charge in [-0.2, -0.15) is 0 Å². The van der Waals surface area contributed by atoms with Gasteiger partial charge in [0.25, 0.3) is 0 Å². The highest BCUT2D eigenvalue weighted by Crippen LogP contribution is 2.52. The summed E-state index contributed by atoms with van der Waals surface area (Å²) in [4.78, 5) is 0. The lowest BCUT2D eigenvalue weighted by Gasteiger charge is -2.18. The summed E-state index contributed by atoms with van der Waals surface area (Å²) < 4.78 is 18.6. The van der Waals surface area contributed by atoms with Gasteiger partial charge in [-0.3, -0.25) is 0 Å². The Morgan fingerprint density at radius 2 is 0.513 bits per heavy atom. The van der Waals surface area contributed by atoms with Crippen LogP contribution in [0.1, 0.15) is 0 Å². The molecule has 0 spiro atoms. The second-order valence-electron chi connectivity index (χ2n) is 10.4. The summed E-state index contributed by atoms with van der Waals surface area (Å²) in [5, 5.41) is 17.5. The normalized spacial score (nSPS) is 12.6. The van der Waals surface area contributed by atoms with Crippen molar-refractivity contribution in [2.45, 2.75) is 0 Å². The number of hydrogen-bond donors (Lipinski definition) is 0. The van der Waals surface area contributed by atoms with Gasteiger partial charge in [-0.25, -0.2) is 0 Å². The zero-order valence-corrected chi connectivity index (χ0v) is 20.6. The molecule has 0 N–H and O–H groups in total. The van der Waals surface area contributed by atoms with E-state index in [-0.39, 0.29) is 0 Å².